The van der Waals surface area contributed by atoms with E-state index in [4.69, 9.17) is 5.11 Å². The van der Waals surface area contributed by atoms with Crippen molar-refractivity contribution in [2.45, 2.75) is 4.90 Å². The topological polar surface area (TPSA) is 127 Å². The number of ketones is 1. The Kier molecular flexibility index (Phi) is 4.08. The summed E-state index contributed by atoms with van der Waals surface area (Å²) in [6, 6.07) is 8.63. The van der Waals surface area contributed by atoms with Gasteiger partial charge in [-0.1, -0.05) is 18.2 Å². The highest BCUT2D eigenvalue weighted by atomic mass is 32.2. The summed E-state index contributed by atoms with van der Waals surface area (Å²) in [6.07, 6.45) is 1.52. The maximum atomic E-state index is 12.2. The summed E-state index contributed by atoms with van der Waals surface area (Å²) >= 11 is 0. The van der Waals surface area contributed by atoms with E-state index in [0.717, 1.165) is 12.3 Å². The molecule has 8 nitrogen and oxygen atoms in total. The van der Waals surface area contributed by atoms with Crippen molar-refractivity contribution in [1.29, 1.82) is 0 Å². The molecule has 1 aromatic heterocycles. The third-order valence-corrected chi connectivity index (χ3v) is 4.16. The lowest BCUT2D eigenvalue weighted by atomic mass is 10.3. The number of aliphatic carboxylic acids is 1. The largest absolute Gasteiger partial charge is 0.505 e. The van der Waals surface area contributed by atoms with Crippen molar-refractivity contribution in [3.8, 4) is 0 Å². The molecule has 0 atom stereocenters. The molecule has 114 valence electrons. The summed E-state index contributed by atoms with van der Waals surface area (Å²) in [5, 5.41) is 21.7. The number of aliphatic hydroxyl groups excluding tert-OH is 1. The number of hydrogen-bond acceptors (Lipinski definition) is 6. The van der Waals surface area contributed by atoms with E-state index in [9.17, 15) is 23.1 Å². The fourth-order valence-corrected chi connectivity index (χ4v) is 2.67. The Balaban J connectivity index is 2.37. The molecule has 1 heterocycles. The number of aliphatic hydroxyl groups is 1. The van der Waals surface area contributed by atoms with E-state index >= 15 is 0 Å². The van der Waals surface area contributed by atoms with E-state index in [1.54, 1.807) is 18.2 Å². The summed E-state index contributed by atoms with van der Waals surface area (Å²) in [5.74, 6) is -3.84. The van der Waals surface area contributed by atoms with Crippen LogP contribution < -0.4 is 0 Å². The quantitative estimate of drug-likeness (QED) is 0.470. The van der Waals surface area contributed by atoms with Crippen molar-refractivity contribution in [1.82, 2.24) is 9.19 Å². The van der Waals surface area contributed by atoms with Gasteiger partial charge in [-0.3, -0.25) is 4.79 Å². The van der Waals surface area contributed by atoms with Gasteiger partial charge in [0, 0.05) is 12.3 Å². The normalized spacial score (nSPS) is 12.1. The molecule has 22 heavy (non-hydrogen) atoms. The Labute approximate surface area is 125 Å². The minimum atomic E-state index is -3.93. The zero-order valence-electron chi connectivity index (χ0n) is 10.9. The number of carbonyl (C=O) groups is 2. The molecule has 0 aliphatic heterocycles. The average Bonchev–Trinajstić information content (AvgIpc) is 2.98. The molecule has 9 heteroatoms. The molecule has 2 aromatic rings. The molecule has 0 radical (unpaired) electrons. The molecule has 0 aliphatic carbocycles. The highest BCUT2D eigenvalue weighted by Crippen LogP contribution is 2.15. The molecule has 0 aliphatic rings. The number of rotatable bonds is 5. The summed E-state index contributed by atoms with van der Waals surface area (Å²) in [6.45, 7) is 0. The second kappa shape index (κ2) is 5.82. The van der Waals surface area contributed by atoms with Crippen molar-refractivity contribution >= 4 is 27.5 Å². The number of carbonyl (C=O) groups excluding carboxylic acids is 1. The zero-order chi connectivity index (χ0) is 16.3. The Bertz CT molecular complexity index is 852. The summed E-state index contributed by atoms with van der Waals surface area (Å²) in [5.41, 5.74) is -0.242. The van der Waals surface area contributed by atoms with Crippen LogP contribution in [0.5, 0.6) is 0 Å². The van der Waals surface area contributed by atoms with E-state index in [1.807, 2.05) is 0 Å². The molecular formula is C13H10N2O6S. The van der Waals surface area contributed by atoms with Gasteiger partial charge in [-0.2, -0.15) is 17.6 Å². The van der Waals surface area contributed by atoms with Gasteiger partial charge in [-0.15, -0.1) is 0 Å². The van der Waals surface area contributed by atoms with Crippen LogP contribution >= 0.6 is 0 Å². The standard InChI is InChI=1S/C13H10N2O6S/c16-11(8-12(17)13(18)19)10-6-7-15(14-10)22(20,21)9-4-2-1-3-5-9/h1-8,16H,(H,18,19). The van der Waals surface area contributed by atoms with Crippen molar-refractivity contribution < 1.29 is 28.2 Å². The summed E-state index contributed by atoms with van der Waals surface area (Å²) < 4.78 is 25.1. The van der Waals surface area contributed by atoms with E-state index in [0.29, 0.717) is 10.2 Å². The lowest BCUT2D eigenvalue weighted by Crippen LogP contribution is -2.14. The smallest absolute Gasteiger partial charge is 0.376 e. The van der Waals surface area contributed by atoms with Gasteiger partial charge in [0.25, 0.3) is 15.8 Å². The van der Waals surface area contributed by atoms with Gasteiger partial charge in [-0.25, -0.2) is 4.79 Å². The van der Waals surface area contributed by atoms with E-state index in [1.165, 1.54) is 12.1 Å². The first-order valence-electron chi connectivity index (χ1n) is 5.87. The Hall–Kier alpha value is -2.94. The lowest BCUT2D eigenvalue weighted by Gasteiger charge is -2.03. The molecule has 0 saturated heterocycles. The van der Waals surface area contributed by atoms with E-state index in [2.05, 4.69) is 5.10 Å². The van der Waals surface area contributed by atoms with E-state index < -0.39 is 27.5 Å². The Morgan fingerprint density at radius 1 is 1.09 bits per heavy atom. The number of benzene rings is 1. The molecule has 0 saturated carbocycles. The molecule has 0 unspecified atom stereocenters. The predicted octanol–water partition coefficient (Wildman–Crippen LogP) is 0.673. The van der Waals surface area contributed by atoms with Gasteiger partial charge in [0.15, 0.2) is 0 Å². The highest BCUT2D eigenvalue weighted by Gasteiger charge is 2.19. The first-order chi connectivity index (χ1) is 10.3. The lowest BCUT2D eigenvalue weighted by molar-refractivity contribution is -0.146. The average molecular weight is 322 g/mol. The molecule has 2 rings (SSSR count). The molecule has 0 spiro atoms. The van der Waals surface area contributed by atoms with Crippen LogP contribution in [0.3, 0.4) is 0 Å². The second-order valence-corrected chi connectivity index (χ2v) is 5.89. The van der Waals surface area contributed by atoms with Crippen LogP contribution in [-0.2, 0) is 19.6 Å². The minimum absolute atomic E-state index is 0.00488. The van der Waals surface area contributed by atoms with Crippen LogP contribution in [0.2, 0.25) is 0 Å². The molecule has 0 fully saturated rings. The summed E-state index contributed by atoms with van der Waals surface area (Å²) in [7, 11) is -3.93. The Morgan fingerprint density at radius 2 is 1.73 bits per heavy atom. The van der Waals surface area contributed by atoms with Gasteiger partial charge in [0.1, 0.15) is 11.5 Å². The van der Waals surface area contributed by atoms with Gasteiger partial charge in [0.05, 0.1) is 4.90 Å². The molecule has 0 bridgehead atoms. The van der Waals surface area contributed by atoms with Crippen LogP contribution in [0, 0.1) is 0 Å². The Morgan fingerprint density at radius 3 is 2.32 bits per heavy atom. The molecule has 2 N–H and O–H groups in total. The number of carboxylic acid groups (broad SMARTS) is 1. The number of aromatic nitrogens is 2. The van der Waals surface area contributed by atoms with Crippen LogP contribution in [0.15, 0.2) is 53.6 Å². The fourth-order valence-electron chi connectivity index (χ4n) is 1.54. The van der Waals surface area contributed by atoms with Gasteiger partial charge >= 0.3 is 5.97 Å². The van der Waals surface area contributed by atoms with Crippen LogP contribution in [-0.4, -0.2) is 39.6 Å². The SMILES string of the molecule is O=C(O)C(=O)C=C(O)c1ccn(S(=O)(=O)c2ccccc2)n1. The fraction of sp³-hybridized carbons (Fsp3) is 0. The second-order valence-electron chi connectivity index (χ2n) is 4.09. The first kappa shape index (κ1) is 15.4. The van der Waals surface area contributed by atoms with Crippen molar-refractivity contribution in [3.63, 3.8) is 0 Å². The maximum absolute atomic E-state index is 12.2. The molecular weight excluding hydrogens is 312 g/mol. The minimum Gasteiger partial charge on any atom is -0.505 e. The van der Waals surface area contributed by atoms with E-state index in [-0.39, 0.29) is 10.6 Å². The molecule has 1 aromatic carbocycles. The van der Waals surface area contributed by atoms with Crippen molar-refractivity contribution in [3.05, 3.63) is 54.4 Å². The molecule has 0 amide bonds. The number of carboxylic acids is 1. The van der Waals surface area contributed by atoms with Gasteiger partial charge in [0.2, 0.25) is 0 Å². The van der Waals surface area contributed by atoms with Gasteiger partial charge < -0.3 is 10.2 Å². The highest BCUT2D eigenvalue weighted by molar-refractivity contribution is 7.89. The van der Waals surface area contributed by atoms with Crippen LogP contribution in [0.4, 0.5) is 0 Å². The first-order valence-corrected chi connectivity index (χ1v) is 7.31. The van der Waals surface area contributed by atoms with Crippen LogP contribution in [0.25, 0.3) is 5.76 Å². The maximum Gasteiger partial charge on any atom is 0.376 e. The predicted molar refractivity (Wildman–Crippen MR) is 74.5 cm³/mol. The van der Waals surface area contributed by atoms with Crippen LogP contribution in [0.1, 0.15) is 5.69 Å². The van der Waals surface area contributed by atoms with Crippen molar-refractivity contribution in [2.24, 2.45) is 0 Å². The number of nitrogens with zero attached hydrogens (tertiary/aromatic N) is 2. The number of hydrogen-bond donors (Lipinski definition) is 2. The third-order valence-electron chi connectivity index (χ3n) is 2.59. The van der Waals surface area contributed by atoms with Gasteiger partial charge in [-0.05, 0) is 18.2 Å². The zero-order valence-corrected chi connectivity index (χ0v) is 11.8. The monoisotopic (exact) mass is 322 g/mol. The van der Waals surface area contributed by atoms with Crippen molar-refractivity contribution in [2.75, 3.05) is 0 Å². The summed E-state index contributed by atoms with van der Waals surface area (Å²) in [4.78, 5) is 21.3. The third kappa shape index (κ3) is 3.04.